The highest BCUT2D eigenvalue weighted by Gasteiger charge is 2.66. The third-order valence-corrected chi connectivity index (χ3v) is 5.90. The van der Waals surface area contributed by atoms with E-state index in [1.165, 1.54) is 6.42 Å². The summed E-state index contributed by atoms with van der Waals surface area (Å²) < 4.78 is 11.8. The van der Waals surface area contributed by atoms with Gasteiger partial charge < -0.3 is 9.47 Å². The molecule has 2 bridgehead atoms. The number of fused-ring (bicyclic) bond motifs is 1. The Balaban J connectivity index is 1.49. The topological polar surface area (TPSA) is 54.0 Å². The molecule has 2 aliphatic carbocycles. The molecule has 0 amide bonds. The van der Waals surface area contributed by atoms with Crippen molar-refractivity contribution in [1.29, 1.82) is 0 Å². The molecule has 126 valence electrons. The molecule has 1 aromatic carbocycles. The van der Waals surface area contributed by atoms with Crippen molar-refractivity contribution in [2.75, 3.05) is 0 Å². The molecule has 3 aliphatic heterocycles. The molecular weight excluding hydrogens is 308 g/mol. The van der Waals surface area contributed by atoms with E-state index in [0.29, 0.717) is 0 Å². The third-order valence-electron chi connectivity index (χ3n) is 5.90. The van der Waals surface area contributed by atoms with Gasteiger partial charge in [0.1, 0.15) is 17.6 Å². The number of hydrogen-bond donors (Lipinski definition) is 0. The lowest BCUT2D eigenvalue weighted by Gasteiger charge is -2.46. The van der Waals surface area contributed by atoms with E-state index >= 15 is 0 Å². The van der Waals surface area contributed by atoms with Crippen LogP contribution in [0.1, 0.15) is 32.1 Å². The van der Waals surface area contributed by atoms with Gasteiger partial charge in [-0.05, 0) is 31.1 Å². The fourth-order valence-corrected chi connectivity index (χ4v) is 4.78. The van der Waals surface area contributed by atoms with Crippen molar-refractivity contribution in [3.8, 4) is 5.75 Å². The summed E-state index contributed by atoms with van der Waals surface area (Å²) in [6, 6.07) is 9.64. The van der Waals surface area contributed by atoms with Crippen LogP contribution in [0.4, 0.5) is 0 Å². The molecule has 3 heterocycles. The molecule has 5 nitrogen and oxygen atoms in total. The summed E-state index contributed by atoms with van der Waals surface area (Å²) in [4.78, 5) is 23.7. The van der Waals surface area contributed by atoms with Crippen molar-refractivity contribution >= 4 is 5.97 Å². The van der Waals surface area contributed by atoms with Crippen molar-refractivity contribution in [1.82, 2.24) is 0 Å². The molecule has 24 heavy (non-hydrogen) atoms. The molecule has 2 saturated heterocycles. The van der Waals surface area contributed by atoms with Crippen molar-refractivity contribution in [2.45, 2.75) is 50.4 Å². The summed E-state index contributed by atoms with van der Waals surface area (Å²) in [6.45, 7) is 0. The Hall–Kier alpha value is -1.85. The van der Waals surface area contributed by atoms with Crippen molar-refractivity contribution in [3.05, 3.63) is 42.2 Å². The van der Waals surface area contributed by atoms with E-state index in [1.54, 1.807) is 0 Å². The van der Waals surface area contributed by atoms with Crippen molar-refractivity contribution < 1.29 is 24.0 Å². The maximum atomic E-state index is 12.7. The van der Waals surface area contributed by atoms with Gasteiger partial charge in [0.15, 0.2) is 12.2 Å². The quantitative estimate of drug-likeness (QED) is 0.616. The summed E-state index contributed by atoms with van der Waals surface area (Å²) in [5.74, 6) is 1.41. The van der Waals surface area contributed by atoms with E-state index in [-0.39, 0.29) is 30.2 Å². The van der Waals surface area contributed by atoms with Gasteiger partial charge in [-0.25, -0.2) is 9.78 Å². The monoisotopic (exact) mass is 328 g/mol. The van der Waals surface area contributed by atoms with Crippen LogP contribution in [-0.2, 0) is 19.3 Å². The van der Waals surface area contributed by atoms with Gasteiger partial charge >= 0.3 is 5.97 Å². The third kappa shape index (κ3) is 1.98. The van der Waals surface area contributed by atoms with Crippen LogP contribution in [0.2, 0.25) is 0 Å². The molecule has 3 fully saturated rings. The minimum atomic E-state index is -0.435. The first kappa shape index (κ1) is 14.5. The number of benzene rings is 1. The first-order chi connectivity index (χ1) is 11.8. The highest BCUT2D eigenvalue weighted by Crippen LogP contribution is 2.57. The van der Waals surface area contributed by atoms with Gasteiger partial charge in [-0.2, -0.15) is 0 Å². The summed E-state index contributed by atoms with van der Waals surface area (Å²) in [7, 11) is 0. The lowest BCUT2D eigenvalue weighted by molar-refractivity contribution is -0.400. The maximum absolute atomic E-state index is 12.7. The number of hydrogen-bond acceptors (Lipinski definition) is 5. The van der Waals surface area contributed by atoms with Gasteiger partial charge in [-0.1, -0.05) is 37.5 Å². The lowest BCUT2D eigenvalue weighted by atomic mass is 9.62. The van der Waals surface area contributed by atoms with Gasteiger partial charge in [-0.3, -0.25) is 4.79 Å². The number of rotatable bonds is 2. The van der Waals surface area contributed by atoms with Crippen LogP contribution >= 0.6 is 0 Å². The second kappa shape index (κ2) is 5.33. The Morgan fingerprint density at radius 1 is 1.04 bits per heavy atom. The predicted octanol–water partition coefficient (Wildman–Crippen LogP) is 3.15. The van der Waals surface area contributed by atoms with Crippen molar-refractivity contribution in [3.63, 3.8) is 0 Å². The minimum absolute atomic E-state index is 0.0206. The molecule has 5 aliphatic rings. The SMILES string of the molecule is O=C1O[C@@H]2[C@@H]([C@H]3OO[C@@H]2C=C3Oc2ccccc2)C12CCCCC2. The zero-order chi connectivity index (χ0) is 16.1. The molecule has 1 saturated carbocycles. The van der Waals surface area contributed by atoms with Crippen LogP contribution < -0.4 is 4.74 Å². The van der Waals surface area contributed by atoms with Gasteiger partial charge in [0, 0.05) is 0 Å². The van der Waals surface area contributed by atoms with Gasteiger partial charge in [0.25, 0.3) is 0 Å². The second-order valence-electron chi connectivity index (χ2n) is 7.17. The number of carbonyl (C=O) groups is 1. The molecule has 6 rings (SSSR count). The van der Waals surface area contributed by atoms with E-state index in [1.807, 2.05) is 36.4 Å². The summed E-state index contributed by atoms with van der Waals surface area (Å²) >= 11 is 0. The fourth-order valence-electron chi connectivity index (χ4n) is 4.78. The van der Waals surface area contributed by atoms with Crippen LogP contribution in [0.15, 0.2) is 42.2 Å². The maximum Gasteiger partial charge on any atom is 0.313 e. The zero-order valence-electron chi connectivity index (χ0n) is 13.4. The standard InChI is InChI=1S/C19H20O5/c20-18-19(9-5-2-6-10-19)15-16(22-18)14-11-13(17(15)24-23-14)21-12-7-3-1-4-8-12/h1,3-4,7-8,11,14-17H,2,5-6,9-10H2/t14-,15+,16+,17+/m1/s1. The Morgan fingerprint density at radius 2 is 1.83 bits per heavy atom. The molecule has 4 atom stereocenters. The molecule has 0 unspecified atom stereocenters. The lowest BCUT2D eigenvalue weighted by Crippen LogP contribution is -2.56. The summed E-state index contributed by atoms with van der Waals surface area (Å²) in [5.41, 5.74) is -0.435. The number of carbonyl (C=O) groups excluding carboxylic acids is 1. The molecule has 5 heteroatoms. The van der Waals surface area contributed by atoms with Crippen LogP contribution in [0.25, 0.3) is 0 Å². The Morgan fingerprint density at radius 3 is 2.62 bits per heavy atom. The largest absolute Gasteiger partial charge is 0.459 e. The molecule has 1 aromatic rings. The van der Waals surface area contributed by atoms with E-state index in [2.05, 4.69) is 0 Å². The normalized spacial score (nSPS) is 36.2. The van der Waals surface area contributed by atoms with E-state index in [4.69, 9.17) is 19.2 Å². The van der Waals surface area contributed by atoms with Crippen LogP contribution in [0.5, 0.6) is 5.75 Å². The molecule has 0 radical (unpaired) electrons. The van der Waals surface area contributed by atoms with Gasteiger partial charge in [-0.15, -0.1) is 0 Å². The Bertz CT molecular complexity index is 676. The molecule has 0 aromatic heterocycles. The summed E-state index contributed by atoms with van der Waals surface area (Å²) in [6.07, 6.45) is 5.94. The average Bonchev–Trinajstić information content (AvgIpc) is 2.91. The first-order valence-corrected chi connectivity index (χ1v) is 8.76. The summed E-state index contributed by atoms with van der Waals surface area (Å²) in [5, 5.41) is 0. The highest BCUT2D eigenvalue weighted by atomic mass is 17.2. The van der Waals surface area contributed by atoms with Crippen LogP contribution in [0, 0.1) is 11.3 Å². The van der Waals surface area contributed by atoms with Crippen molar-refractivity contribution in [2.24, 2.45) is 11.3 Å². The molecule has 0 N–H and O–H groups in total. The number of para-hydroxylation sites is 1. The number of esters is 1. The number of ether oxygens (including phenoxy) is 2. The highest BCUT2D eigenvalue weighted by molar-refractivity contribution is 5.80. The van der Waals surface area contributed by atoms with Gasteiger partial charge in [0.05, 0.1) is 11.3 Å². The Kier molecular flexibility index (Phi) is 3.22. The smallest absolute Gasteiger partial charge is 0.313 e. The molecule has 1 spiro atoms. The van der Waals surface area contributed by atoms with Gasteiger partial charge in [0.2, 0.25) is 0 Å². The van der Waals surface area contributed by atoms with Crippen LogP contribution in [-0.4, -0.2) is 24.3 Å². The second-order valence-corrected chi connectivity index (χ2v) is 7.17. The minimum Gasteiger partial charge on any atom is -0.459 e. The molecular formula is C19H20O5. The predicted molar refractivity (Wildman–Crippen MR) is 83.8 cm³/mol. The average molecular weight is 328 g/mol. The zero-order valence-corrected chi connectivity index (χ0v) is 13.4. The van der Waals surface area contributed by atoms with E-state index < -0.39 is 5.41 Å². The van der Waals surface area contributed by atoms with E-state index in [0.717, 1.165) is 37.2 Å². The Labute approximate surface area is 140 Å². The first-order valence-electron chi connectivity index (χ1n) is 8.76. The fraction of sp³-hybridized carbons (Fsp3) is 0.526. The van der Waals surface area contributed by atoms with Crippen LogP contribution in [0.3, 0.4) is 0 Å². The van der Waals surface area contributed by atoms with E-state index in [9.17, 15) is 4.79 Å².